The van der Waals surface area contributed by atoms with Crippen molar-refractivity contribution in [2.75, 3.05) is 18.6 Å². The number of hydrogen-bond donors (Lipinski definition) is 0. The van der Waals surface area contributed by atoms with Gasteiger partial charge in [-0.3, -0.25) is 0 Å². The van der Waals surface area contributed by atoms with Gasteiger partial charge in [0.2, 0.25) is 0 Å². The van der Waals surface area contributed by atoms with Gasteiger partial charge in [-0.1, -0.05) is 55.3 Å². The SMILES string of the molecule is CCN(c1cccc2ccccc12)C1CCCCC(c2ccc(C(=O)OC)c(F)c2)C1. The van der Waals surface area contributed by atoms with E-state index in [4.69, 9.17) is 0 Å². The Kier molecular flexibility index (Phi) is 6.55. The zero-order valence-electron chi connectivity index (χ0n) is 18.3. The van der Waals surface area contributed by atoms with Gasteiger partial charge in [-0.25, -0.2) is 9.18 Å². The molecule has 0 bridgehead atoms. The summed E-state index contributed by atoms with van der Waals surface area (Å²) in [7, 11) is 1.28. The van der Waals surface area contributed by atoms with E-state index in [-0.39, 0.29) is 11.5 Å². The molecule has 2 unspecified atom stereocenters. The highest BCUT2D eigenvalue weighted by Gasteiger charge is 2.27. The van der Waals surface area contributed by atoms with Crippen LogP contribution < -0.4 is 4.90 Å². The van der Waals surface area contributed by atoms with Crippen LogP contribution in [-0.2, 0) is 4.74 Å². The van der Waals surface area contributed by atoms with Gasteiger partial charge in [-0.05, 0) is 61.3 Å². The van der Waals surface area contributed by atoms with E-state index in [9.17, 15) is 9.18 Å². The third-order valence-corrected chi connectivity index (χ3v) is 6.62. The van der Waals surface area contributed by atoms with E-state index in [0.717, 1.165) is 37.8 Å². The highest BCUT2D eigenvalue weighted by atomic mass is 19.1. The molecule has 1 aliphatic carbocycles. The summed E-state index contributed by atoms with van der Waals surface area (Å²) in [6.07, 6.45) is 5.46. The van der Waals surface area contributed by atoms with E-state index in [1.165, 1.54) is 36.1 Å². The smallest absolute Gasteiger partial charge is 0.340 e. The van der Waals surface area contributed by atoms with Crippen LogP contribution in [0.25, 0.3) is 10.8 Å². The van der Waals surface area contributed by atoms with Crippen LogP contribution in [0.15, 0.2) is 60.7 Å². The average molecular weight is 420 g/mol. The van der Waals surface area contributed by atoms with Crippen LogP contribution in [0.3, 0.4) is 0 Å². The van der Waals surface area contributed by atoms with Gasteiger partial charge in [0.05, 0.1) is 12.7 Å². The second-order valence-electron chi connectivity index (χ2n) is 8.39. The van der Waals surface area contributed by atoms with Gasteiger partial charge in [0.25, 0.3) is 0 Å². The molecule has 1 saturated carbocycles. The van der Waals surface area contributed by atoms with Crippen LogP contribution in [0.2, 0.25) is 0 Å². The Morgan fingerprint density at radius 1 is 1.06 bits per heavy atom. The average Bonchev–Trinajstić information content (AvgIpc) is 3.05. The number of fused-ring (bicyclic) bond motifs is 1. The fourth-order valence-electron chi connectivity index (χ4n) is 5.07. The lowest BCUT2D eigenvalue weighted by Crippen LogP contribution is -2.36. The lowest BCUT2D eigenvalue weighted by Gasteiger charge is -2.35. The van der Waals surface area contributed by atoms with E-state index in [1.54, 1.807) is 6.07 Å². The molecular weight excluding hydrogens is 389 g/mol. The fourth-order valence-corrected chi connectivity index (χ4v) is 5.07. The Labute approximate surface area is 183 Å². The molecule has 4 heteroatoms. The number of ether oxygens (including phenoxy) is 1. The number of halogens is 1. The van der Waals surface area contributed by atoms with E-state index < -0.39 is 11.8 Å². The maximum absolute atomic E-state index is 14.6. The van der Waals surface area contributed by atoms with Crippen molar-refractivity contribution in [2.45, 2.75) is 51.0 Å². The number of anilines is 1. The summed E-state index contributed by atoms with van der Waals surface area (Å²) < 4.78 is 19.3. The van der Waals surface area contributed by atoms with Crippen LogP contribution in [0.5, 0.6) is 0 Å². The lowest BCUT2D eigenvalue weighted by atomic mass is 9.89. The van der Waals surface area contributed by atoms with E-state index >= 15 is 0 Å². The first kappa shape index (κ1) is 21.4. The third kappa shape index (κ3) is 4.43. The minimum Gasteiger partial charge on any atom is -0.465 e. The molecule has 0 radical (unpaired) electrons. The van der Waals surface area contributed by atoms with E-state index in [1.807, 2.05) is 6.07 Å². The van der Waals surface area contributed by atoms with Crippen molar-refractivity contribution < 1.29 is 13.9 Å². The Hall–Kier alpha value is -2.88. The Morgan fingerprint density at radius 3 is 2.61 bits per heavy atom. The van der Waals surface area contributed by atoms with E-state index in [0.29, 0.717) is 6.04 Å². The monoisotopic (exact) mass is 419 g/mol. The largest absolute Gasteiger partial charge is 0.465 e. The van der Waals surface area contributed by atoms with Crippen molar-refractivity contribution in [3.05, 3.63) is 77.6 Å². The summed E-state index contributed by atoms with van der Waals surface area (Å²) in [5.74, 6) is -0.847. The quantitative estimate of drug-likeness (QED) is 0.340. The van der Waals surface area contributed by atoms with Crippen LogP contribution in [0.4, 0.5) is 10.1 Å². The first-order valence-corrected chi connectivity index (χ1v) is 11.2. The van der Waals surface area contributed by atoms with Crippen LogP contribution in [0.1, 0.15) is 60.9 Å². The maximum Gasteiger partial charge on any atom is 0.340 e. The minimum absolute atomic E-state index is 0.00219. The molecule has 2 atom stereocenters. The van der Waals surface area contributed by atoms with Gasteiger partial charge in [-0.2, -0.15) is 0 Å². The predicted octanol–water partition coefficient (Wildman–Crippen LogP) is 6.71. The van der Waals surface area contributed by atoms with Crippen LogP contribution in [0, 0.1) is 5.82 Å². The molecule has 0 heterocycles. The summed E-state index contributed by atoms with van der Waals surface area (Å²) in [6.45, 7) is 3.15. The van der Waals surface area contributed by atoms with Crippen LogP contribution >= 0.6 is 0 Å². The van der Waals surface area contributed by atoms with Gasteiger partial charge in [0, 0.05) is 23.7 Å². The van der Waals surface area contributed by atoms with Crippen molar-refractivity contribution >= 4 is 22.4 Å². The zero-order valence-corrected chi connectivity index (χ0v) is 18.3. The lowest BCUT2D eigenvalue weighted by molar-refractivity contribution is 0.0595. The molecule has 1 aliphatic rings. The second kappa shape index (κ2) is 9.51. The molecule has 4 rings (SSSR count). The normalized spacial score (nSPS) is 19.1. The van der Waals surface area contributed by atoms with Gasteiger partial charge < -0.3 is 9.64 Å². The molecule has 3 aromatic rings. The highest BCUT2D eigenvalue weighted by Crippen LogP contribution is 2.37. The molecule has 3 aromatic carbocycles. The number of methoxy groups -OCH3 is 1. The van der Waals surface area contributed by atoms with Gasteiger partial charge in [0.15, 0.2) is 0 Å². The molecule has 0 N–H and O–H groups in total. The third-order valence-electron chi connectivity index (χ3n) is 6.62. The molecule has 1 fully saturated rings. The number of esters is 1. The van der Waals surface area contributed by atoms with Gasteiger partial charge >= 0.3 is 5.97 Å². The second-order valence-corrected chi connectivity index (χ2v) is 8.39. The molecule has 0 aliphatic heterocycles. The minimum atomic E-state index is -0.629. The molecule has 31 heavy (non-hydrogen) atoms. The summed E-state index contributed by atoms with van der Waals surface area (Å²) in [4.78, 5) is 14.3. The van der Waals surface area contributed by atoms with Gasteiger partial charge in [0.1, 0.15) is 5.82 Å². The fraction of sp³-hybridized carbons (Fsp3) is 0.370. The topological polar surface area (TPSA) is 29.5 Å². The molecule has 0 amide bonds. The van der Waals surface area contributed by atoms with Crippen molar-refractivity contribution in [2.24, 2.45) is 0 Å². The number of benzene rings is 3. The molecule has 0 aromatic heterocycles. The number of carbonyl (C=O) groups is 1. The van der Waals surface area contributed by atoms with Crippen molar-refractivity contribution in [3.8, 4) is 0 Å². The van der Waals surface area contributed by atoms with E-state index in [2.05, 4.69) is 59.0 Å². The zero-order chi connectivity index (χ0) is 21.8. The predicted molar refractivity (Wildman–Crippen MR) is 124 cm³/mol. The Morgan fingerprint density at radius 2 is 1.84 bits per heavy atom. The van der Waals surface area contributed by atoms with Crippen molar-refractivity contribution in [1.29, 1.82) is 0 Å². The Bertz CT molecular complexity index is 1060. The molecular formula is C27H30FNO2. The number of rotatable bonds is 5. The number of carbonyl (C=O) groups excluding carboxylic acids is 1. The highest BCUT2D eigenvalue weighted by molar-refractivity contribution is 5.94. The number of nitrogens with zero attached hydrogens (tertiary/aromatic N) is 1. The summed E-state index contributed by atoms with van der Waals surface area (Å²) in [6, 6.07) is 20.4. The maximum atomic E-state index is 14.6. The first-order valence-electron chi connectivity index (χ1n) is 11.2. The molecule has 162 valence electrons. The number of hydrogen-bond acceptors (Lipinski definition) is 3. The summed E-state index contributed by atoms with van der Waals surface area (Å²) in [5.41, 5.74) is 2.26. The molecule has 0 spiro atoms. The summed E-state index contributed by atoms with van der Waals surface area (Å²) >= 11 is 0. The van der Waals surface area contributed by atoms with Crippen LogP contribution in [-0.4, -0.2) is 25.7 Å². The standard InChI is InChI=1S/C27H30FNO2/c1-3-29(26-14-8-11-19-9-5-7-13-23(19)26)22-12-6-4-10-20(17-22)21-15-16-24(25(28)18-21)27(30)31-2/h5,7-9,11,13-16,18,20,22H,3-4,6,10,12,17H2,1-2H3. The molecule has 0 saturated heterocycles. The Balaban J connectivity index is 1.63. The van der Waals surface area contributed by atoms with Crippen molar-refractivity contribution in [1.82, 2.24) is 0 Å². The first-order chi connectivity index (χ1) is 15.1. The summed E-state index contributed by atoms with van der Waals surface area (Å²) in [5, 5.41) is 2.53. The van der Waals surface area contributed by atoms with Gasteiger partial charge in [-0.15, -0.1) is 0 Å². The molecule has 3 nitrogen and oxygen atoms in total. The van der Waals surface area contributed by atoms with Crippen molar-refractivity contribution in [3.63, 3.8) is 0 Å².